The Bertz CT molecular complexity index is 834. The van der Waals surface area contributed by atoms with Crippen LogP contribution in [0.15, 0.2) is 42.5 Å². The van der Waals surface area contributed by atoms with Crippen LogP contribution in [0, 0.1) is 6.92 Å². The molecule has 2 aromatic rings. The Labute approximate surface area is 183 Å². The molecule has 2 aromatic carbocycles. The lowest BCUT2D eigenvalue weighted by atomic mass is 10.0. The highest BCUT2D eigenvalue weighted by Gasteiger charge is 2.29. The number of benzene rings is 2. The largest absolute Gasteiger partial charge is 0.354 e. The maximum absolute atomic E-state index is 13.3. The molecule has 0 saturated heterocycles. The van der Waals surface area contributed by atoms with Crippen molar-refractivity contribution in [3.05, 3.63) is 69.2 Å². The molecule has 0 aliphatic rings. The zero-order valence-electron chi connectivity index (χ0n) is 17.2. The lowest BCUT2D eigenvalue weighted by Crippen LogP contribution is -2.49. The summed E-state index contributed by atoms with van der Waals surface area (Å²) in [5.41, 5.74) is 2.63. The number of hydrogen-bond donors (Lipinski definition) is 1. The average molecular weight is 435 g/mol. The Morgan fingerprint density at radius 2 is 1.69 bits per heavy atom. The predicted octanol–water partition coefficient (Wildman–Crippen LogP) is 5.18. The Morgan fingerprint density at radius 1 is 1.03 bits per heavy atom. The van der Waals surface area contributed by atoms with E-state index >= 15 is 0 Å². The molecule has 0 spiro atoms. The lowest BCUT2D eigenvalue weighted by Gasteiger charge is -2.31. The van der Waals surface area contributed by atoms with E-state index in [2.05, 4.69) is 5.32 Å². The van der Waals surface area contributed by atoms with Crippen LogP contribution in [0.25, 0.3) is 0 Å². The first-order valence-corrected chi connectivity index (χ1v) is 10.7. The fraction of sp³-hybridized carbons (Fsp3) is 0.391. The van der Waals surface area contributed by atoms with Crippen molar-refractivity contribution < 1.29 is 9.59 Å². The van der Waals surface area contributed by atoms with Gasteiger partial charge in [-0.2, -0.15) is 0 Å². The Balaban J connectivity index is 2.36. The summed E-state index contributed by atoms with van der Waals surface area (Å²) in [6.45, 7) is 6.62. The van der Waals surface area contributed by atoms with E-state index in [1.165, 1.54) is 0 Å². The van der Waals surface area contributed by atoms with E-state index < -0.39 is 6.04 Å². The molecule has 0 radical (unpaired) electrons. The van der Waals surface area contributed by atoms with Gasteiger partial charge in [0.2, 0.25) is 11.8 Å². The van der Waals surface area contributed by atoms with Gasteiger partial charge in [-0.25, -0.2) is 0 Å². The van der Waals surface area contributed by atoms with Gasteiger partial charge in [-0.3, -0.25) is 9.59 Å². The average Bonchev–Trinajstić information content (AvgIpc) is 2.70. The summed E-state index contributed by atoms with van der Waals surface area (Å²) in [6.07, 6.45) is 1.54. The summed E-state index contributed by atoms with van der Waals surface area (Å²) in [7, 11) is 0. The second kappa shape index (κ2) is 11.2. The smallest absolute Gasteiger partial charge is 0.242 e. The predicted molar refractivity (Wildman–Crippen MR) is 119 cm³/mol. The summed E-state index contributed by atoms with van der Waals surface area (Å²) in [4.78, 5) is 27.7. The van der Waals surface area contributed by atoms with E-state index in [0.717, 1.165) is 17.5 Å². The number of rotatable bonds is 9. The molecule has 2 amide bonds. The minimum absolute atomic E-state index is 0.131. The van der Waals surface area contributed by atoms with Gasteiger partial charge in [0.25, 0.3) is 0 Å². The molecule has 0 aliphatic heterocycles. The van der Waals surface area contributed by atoms with Crippen molar-refractivity contribution in [3.8, 4) is 0 Å². The molecule has 0 heterocycles. The molecule has 0 bridgehead atoms. The third-order valence-electron chi connectivity index (χ3n) is 4.93. The highest BCUT2D eigenvalue weighted by Crippen LogP contribution is 2.27. The van der Waals surface area contributed by atoms with Crippen LogP contribution in [-0.4, -0.2) is 29.3 Å². The van der Waals surface area contributed by atoms with Gasteiger partial charge in [0.1, 0.15) is 6.04 Å². The standard InChI is InChI=1S/C23H28Cl2N2O2/c1-4-13-26-23(29)21(5-2)27(15-18-19(24)11-8-12-20(18)25)22(28)14-17-10-7-6-9-16(17)3/h6-12,21H,4-5,13-15H2,1-3H3,(H,26,29). The minimum atomic E-state index is -0.592. The summed E-state index contributed by atoms with van der Waals surface area (Å²) < 4.78 is 0. The number of nitrogens with zero attached hydrogens (tertiary/aromatic N) is 1. The van der Waals surface area contributed by atoms with Crippen LogP contribution >= 0.6 is 23.2 Å². The number of carbonyl (C=O) groups excluding carboxylic acids is 2. The van der Waals surface area contributed by atoms with Crippen LogP contribution in [-0.2, 0) is 22.6 Å². The van der Waals surface area contributed by atoms with Crippen molar-refractivity contribution in [1.82, 2.24) is 10.2 Å². The van der Waals surface area contributed by atoms with E-state index in [1.54, 1.807) is 23.1 Å². The van der Waals surface area contributed by atoms with Gasteiger partial charge in [-0.1, -0.05) is 67.4 Å². The van der Waals surface area contributed by atoms with Crippen molar-refractivity contribution in [2.45, 2.75) is 52.6 Å². The normalized spacial score (nSPS) is 11.8. The molecule has 1 N–H and O–H groups in total. The van der Waals surface area contributed by atoms with Gasteiger partial charge in [0.15, 0.2) is 0 Å². The van der Waals surface area contributed by atoms with Crippen LogP contribution in [0.1, 0.15) is 43.4 Å². The minimum Gasteiger partial charge on any atom is -0.354 e. The van der Waals surface area contributed by atoms with Gasteiger partial charge in [0, 0.05) is 28.7 Å². The van der Waals surface area contributed by atoms with Gasteiger partial charge in [-0.15, -0.1) is 0 Å². The SMILES string of the molecule is CCCNC(=O)C(CC)N(Cc1c(Cl)cccc1Cl)C(=O)Cc1ccccc1C. The van der Waals surface area contributed by atoms with E-state index in [1.807, 2.05) is 45.0 Å². The number of hydrogen-bond acceptors (Lipinski definition) is 2. The number of nitrogens with one attached hydrogen (secondary N) is 1. The molecule has 1 unspecified atom stereocenters. The zero-order valence-corrected chi connectivity index (χ0v) is 18.7. The lowest BCUT2D eigenvalue weighted by molar-refractivity contribution is -0.140. The molecule has 2 rings (SSSR count). The van der Waals surface area contributed by atoms with Crippen molar-refractivity contribution in [1.29, 1.82) is 0 Å². The molecule has 0 saturated carbocycles. The second-order valence-corrected chi connectivity index (χ2v) is 7.85. The summed E-state index contributed by atoms with van der Waals surface area (Å²) in [6, 6.07) is 12.4. The molecule has 0 fully saturated rings. The second-order valence-electron chi connectivity index (χ2n) is 7.04. The van der Waals surface area contributed by atoms with Gasteiger partial charge in [-0.05, 0) is 43.0 Å². The molecule has 156 valence electrons. The maximum atomic E-state index is 13.3. The number of amides is 2. The first kappa shape index (κ1) is 23.2. The van der Waals surface area contributed by atoms with Gasteiger partial charge >= 0.3 is 0 Å². The third-order valence-corrected chi connectivity index (χ3v) is 5.64. The van der Waals surface area contributed by atoms with Crippen molar-refractivity contribution in [2.24, 2.45) is 0 Å². The van der Waals surface area contributed by atoms with Crippen LogP contribution in [0.2, 0.25) is 10.0 Å². The quantitative estimate of drug-likeness (QED) is 0.590. The fourth-order valence-electron chi connectivity index (χ4n) is 3.21. The van der Waals surface area contributed by atoms with Crippen LogP contribution in [0.4, 0.5) is 0 Å². The van der Waals surface area contributed by atoms with Crippen LogP contribution in [0.3, 0.4) is 0 Å². The molecule has 4 nitrogen and oxygen atoms in total. The Morgan fingerprint density at radius 3 is 2.28 bits per heavy atom. The van der Waals surface area contributed by atoms with Crippen molar-refractivity contribution in [3.63, 3.8) is 0 Å². The maximum Gasteiger partial charge on any atom is 0.242 e. The van der Waals surface area contributed by atoms with Gasteiger partial charge < -0.3 is 10.2 Å². The molecular formula is C23H28Cl2N2O2. The van der Waals surface area contributed by atoms with E-state index in [4.69, 9.17) is 23.2 Å². The topological polar surface area (TPSA) is 49.4 Å². The van der Waals surface area contributed by atoms with E-state index in [0.29, 0.717) is 28.6 Å². The highest BCUT2D eigenvalue weighted by molar-refractivity contribution is 6.36. The van der Waals surface area contributed by atoms with E-state index in [9.17, 15) is 9.59 Å². The molecule has 29 heavy (non-hydrogen) atoms. The number of aryl methyl sites for hydroxylation is 1. The van der Waals surface area contributed by atoms with Crippen molar-refractivity contribution >= 4 is 35.0 Å². The number of halogens is 2. The van der Waals surface area contributed by atoms with E-state index in [-0.39, 0.29) is 24.8 Å². The zero-order chi connectivity index (χ0) is 21.4. The highest BCUT2D eigenvalue weighted by atomic mass is 35.5. The molecule has 6 heteroatoms. The fourth-order valence-corrected chi connectivity index (χ4v) is 3.73. The third kappa shape index (κ3) is 6.22. The summed E-state index contributed by atoms with van der Waals surface area (Å²) >= 11 is 12.7. The first-order chi connectivity index (χ1) is 13.9. The molecule has 0 aliphatic carbocycles. The molecule has 0 aromatic heterocycles. The Kier molecular flexibility index (Phi) is 8.99. The van der Waals surface area contributed by atoms with Crippen molar-refractivity contribution in [2.75, 3.05) is 6.54 Å². The van der Waals surface area contributed by atoms with Crippen LogP contribution < -0.4 is 5.32 Å². The van der Waals surface area contributed by atoms with Crippen LogP contribution in [0.5, 0.6) is 0 Å². The monoisotopic (exact) mass is 434 g/mol. The molecular weight excluding hydrogens is 407 g/mol. The molecule has 1 atom stereocenters. The van der Waals surface area contributed by atoms with Gasteiger partial charge in [0.05, 0.1) is 6.42 Å². The number of carbonyl (C=O) groups is 2. The Hall–Kier alpha value is -2.04. The summed E-state index contributed by atoms with van der Waals surface area (Å²) in [5, 5.41) is 3.87. The summed E-state index contributed by atoms with van der Waals surface area (Å²) in [5.74, 6) is -0.288. The first-order valence-electron chi connectivity index (χ1n) is 9.93.